The molecule has 4 aromatic rings. The molecule has 0 bridgehead atoms. The van der Waals surface area contributed by atoms with E-state index in [0.29, 0.717) is 29.2 Å². The van der Waals surface area contributed by atoms with Crippen molar-refractivity contribution in [2.75, 3.05) is 13.7 Å². The Hall–Kier alpha value is -4.58. The third kappa shape index (κ3) is 4.66. The monoisotopic (exact) mass is 493 g/mol. The number of hydrogen-bond acceptors (Lipinski definition) is 5. The van der Waals surface area contributed by atoms with Crippen LogP contribution in [0.2, 0.25) is 0 Å². The topological polar surface area (TPSA) is 76.1 Å². The molecule has 0 radical (unpaired) electrons. The van der Waals surface area contributed by atoms with Crippen molar-refractivity contribution in [3.8, 4) is 11.5 Å². The molecule has 6 nitrogen and oxygen atoms in total. The number of fused-ring (bicyclic) bond motifs is 1. The molecule has 1 unspecified atom stereocenters. The zero-order valence-electron chi connectivity index (χ0n) is 20.7. The lowest BCUT2D eigenvalue weighted by atomic mass is 9.94. The van der Waals surface area contributed by atoms with Gasteiger partial charge in [0.05, 0.1) is 25.3 Å². The van der Waals surface area contributed by atoms with Crippen LogP contribution in [0.1, 0.15) is 29.7 Å². The molecule has 1 fully saturated rings. The number of carbonyl (C=O) groups is 2. The summed E-state index contributed by atoms with van der Waals surface area (Å²) in [5, 5.41) is 13.4. The van der Waals surface area contributed by atoms with Crippen LogP contribution in [0.25, 0.3) is 16.5 Å². The van der Waals surface area contributed by atoms with Gasteiger partial charge >= 0.3 is 0 Å². The number of aliphatic hydroxyl groups excluding tert-OH is 1. The average Bonchev–Trinajstić information content (AvgIpc) is 3.17. The van der Waals surface area contributed by atoms with Crippen molar-refractivity contribution in [2.24, 2.45) is 0 Å². The summed E-state index contributed by atoms with van der Waals surface area (Å²) in [6.45, 7) is 2.60. The molecule has 186 valence electrons. The minimum Gasteiger partial charge on any atom is -0.507 e. The van der Waals surface area contributed by atoms with Crippen LogP contribution >= 0.6 is 0 Å². The molecule has 0 spiro atoms. The van der Waals surface area contributed by atoms with E-state index in [9.17, 15) is 14.7 Å². The van der Waals surface area contributed by atoms with Crippen molar-refractivity contribution in [1.29, 1.82) is 0 Å². The van der Waals surface area contributed by atoms with Crippen LogP contribution in [0.15, 0.2) is 96.6 Å². The Bertz CT molecular complexity index is 1510. The van der Waals surface area contributed by atoms with E-state index in [2.05, 4.69) is 0 Å². The second-order valence-electron chi connectivity index (χ2n) is 8.84. The van der Waals surface area contributed by atoms with Crippen LogP contribution in [0.3, 0.4) is 0 Å². The highest BCUT2D eigenvalue weighted by Gasteiger charge is 2.46. The Balaban J connectivity index is 1.62. The average molecular weight is 494 g/mol. The molecule has 1 atom stereocenters. The number of rotatable bonds is 7. The van der Waals surface area contributed by atoms with E-state index in [1.165, 1.54) is 4.90 Å². The summed E-state index contributed by atoms with van der Waals surface area (Å²) in [5.74, 6) is -0.235. The van der Waals surface area contributed by atoms with Crippen molar-refractivity contribution >= 4 is 28.2 Å². The van der Waals surface area contributed by atoms with E-state index >= 15 is 0 Å². The first-order valence-electron chi connectivity index (χ1n) is 12.1. The van der Waals surface area contributed by atoms with Gasteiger partial charge in [-0.3, -0.25) is 9.59 Å². The molecular weight excluding hydrogens is 466 g/mol. The van der Waals surface area contributed by atoms with Crippen LogP contribution in [0.4, 0.5) is 0 Å². The summed E-state index contributed by atoms with van der Waals surface area (Å²) in [5.41, 5.74) is 2.06. The summed E-state index contributed by atoms with van der Waals surface area (Å²) >= 11 is 0. The first kappa shape index (κ1) is 24.1. The lowest BCUT2D eigenvalue weighted by Gasteiger charge is -2.26. The SMILES string of the molecule is CCOc1cccc(CN2C(=O)C(=O)/C(=C(\O)c3ccc4ccccc4c3)C2c2ccc(OC)cc2)c1. The third-order valence-electron chi connectivity index (χ3n) is 6.56. The summed E-state index contributed by atoms with van der Waals surface area (Å²) in [6.07, 6.45) is 0. The number of ketones is 1. The van der Waals surface area contributed by atoms with Crippen LogP contribution in [-0.2, 0) is 16.1 Å². The number of Topliss-reactive ketones (excluding diaryl/α,β-unsaturated/α-hetero) is 1. The van der Waals surface area contributed by atoms with Crippen molar-refractivity contribution in [3.63, 3.8) is 0 Å². The van der Waals surface area contributed by atoms with E-state index in [1.54, 1.807) is 25.3 Å². The van der Waals surface area contributed by atoms with Gasteiger partial charge in [-0.1, -0.05) is 60.7 Å². The molecule has 1 N–H and O–H groups in total. The molecule has 37 heavy (non-hydrogen) atoms. The molecule has 4 aromatic carbocycles. The molecule has 1 heterocycles. The maximum absolute atomic E-state index is 13.4. The van der Waals surface area contributed by atoms with Crippen molar-refractivity contribution < 1.29 is 24.2 Å². The van der Waals surface area contributed by atoms with E-state index in [0.717, 1.165) is 16.3 Å². The number of likely N-dealkylation sites (tertiary alicyclic amines) is 1. The van der Waals surface area contributed by atoms with Crippen molar-refractivity contribution in [1.82, 2.24) is 4.90 Å². The second-order valence-corrected chi connectivity index (χ2v) is 8.84. The molecule has 0 aliphatic carbocycles. The lowest BCUT2D eigenvalue weighted by molar-refractivity contribution is -0.140. The quantitative estimate of drug-likeness (QED) is 0.198. The highest BCUT2D eigenvalue weighted by atomic mass is 16.5. The minimum absolute atomic E-state index is 0.0615. The number of nitrogens with zero attached hydrogens (tertiary/aromatic N) is 1. The molecule has 1 aliphatic heterocycles. The zero-order chi connectivity index (χ0) is 25.9. The molecule has 1 aliphatic rings. The van der Waals surface area contributed by atoms with Gasteiger partial charge < -0.3 is 19.5 Å². The molecule has 6 heteroatoms. The van der Waals surface area contributed by atoms with Gasteiger partial charge in [0.25, 0.3) is 11.7 Å². The van der Waals surface area contributed by atoms with E-state index in [4.69, 9.17) is 9.47 Å². The fraction of sp³-hybridized carbons (Fsp3) is 0.161. The number of carbonyl (C=O) groups excluding carboxylic acids is 2. The predicted molar refractivity (Wildman–Crippen MR) is 142 cm³/mol. The Morgan fingerprint density at radius 3 is 2.35 bits per heavy atom. The normalized spacial score (nSPS) is 16.8. The Kier molecular flexibility index (Phi) is 6.64. The van der Waals surface area contributed by atoms with Gasteiger partial charge in [0.15, 0.2) is 0 Å². The summed E-state index contributed by atoms with van der Waals surface area (Å²) < 4.78 is 10.9. The number of aliphatic hydroxyl groups is 1. The number of hydrogen-bond donors (Lipinski definition) is 1. The van der Waals surface area contributed by atoms with Crippen molar-refractivity contribution in [2.45, 2.75) is 19.5 Å². The van der Waals surface area contributed by atoms with Gasteiger partial charge in [-0.25, -0.2) is 0 Å². The van der Waals surface area contributed by atoms with Crippen LogP contribution < -0.4 is 9.47 Å². The summed E-state index contributed by atoms with van der Waals surface area (Å²) in [7, 11) is 1.58. The molecular formula is C31H27NO5. The minimum atomic E-state index is -0.770. The molecule has 1 amide bonds. The van der Waals surface area contributed by atoms with Gasteiger partial charge in [0.1, 0.15) is 17.3 Å². The summed E-state index contributed by atoms with van der Waals surface area (Å²) in [4.78, 5) is 28.3. The second kappa shape index (κ2) is 10.2. The van der Waals surface area contributed by atoms with Gasteiger partial charge in [0.2, 0.25) is 0 Å². The van der Waals surface area contributed by atoms with Gasteiger partial charge in [0, 0.05) is 12.1 Å². The lowest BCUT2D eigenvalue weighted by Crippen LogP contribution is -2.29. The van der Waals surface area contributed by atoms with Crippen LogP contribution in [-0.4, -0.2) is 35.4 Å². The standard InChI is InChI=1S/C31H27NO5/c1-3-37-26-10-6-7-20(17-26)19-32-28(22-13-15-25(36-2)16-14-22)27(30(34)31(32)35)29(33)24-12-11-21-8-4-5-9-23(21)18-24/h4-18,28,33H,3,19H2,1-2H3/b29-27-. The first-order chi connectivity index (χ1) is 18.0. The number of amides is 1. The van der Waals surface area contributed by atoms with E-state index in [-0.39, 0.29) is 17.9 Å². The predicted octanol–water partition coefficient (Wildman–Crippen LogP) is 5.87. The third-order valence-corrected chi connectivity index (χ3v) is 6.56. The van der Waals surface area contributed by atoms with Gasteiger partial charge in [-0.05, 0) is 59.2 Å². The summed E-state index contributed by atoms with van der Waals surface area (Å²) in [6, 6.07) is 27.1. The number of methoxy groups -OCH3 is 1. The van der Waals surface area contributed by atoms with Gasteiger partial charge in [-0.15, -0.1) is 0 Å². The molecule has 0 saturated carbocycles. The van der Waals surface area contributed by atoms with E-state index < -0.39 is 17.7 Å². The largest absolute Gasteiger partial charge is 0.507 e. The molecule has 5 rings (SSSR count). The zero-order valence-corrected chi connectivity index (χ0v) is 20.7. The highest BCUT2D eigenvalue weighted by molar-refractivity contribution is 6.46. The Labute approximate surface area is 215 Å². The van der Waals surface area contributed by atoms with E-state index in [1.807, 2.05) is 79.7 Å². The number of benzene rings is 4. The van der Waals surface area contributed by atoms with Crippen LogP contribution in [0.5, 0.6) is 11.5 Å². The molecule has 0 aromatic heterocycles. The Morgan fingerprint density at radius 1 is 0.865 bits per heavy atom. The highest BCUT2D eigenvalue weighted by Crippen LogP contribution is 2.41. The fourth-order valence-electron chi connectivity index (χ4n) is 4.76. The van der Waals surface area contributed by atoms with Crippen molar-refractivity contribution in [3.05, 3.63) is 113 Å². The maximum Gasteiger partial charge on any atom is 0.295 e. The fourth-order valence-corrected chi connectivity index (χ4v) is 4.76. The molecule has 1 saturated heterocycles. The maximum atomic E-state index is 13.4. The van der Waals surface area contributed by atoms with Crippen LogP contribution in [0, 0.1) is 0 Å². The number of ether oxygens (including phenoxy) is 2. The first-order valence-corrected chi connectivity index (χ1v) is 12.1. The smallest absolute Gasteiger partial charge is 0.295 e. The van der Waals surface area contributed by atoms with Gasteiger partial charge in [-0.2, -0.15) is 0 Å². The Morgan fingerprint density at radius 2 is 1.62 bits per heavy atom.